The number of nitrogens with one attached hydrogen (secondary N) is 4. The largest absolute Gasteiger partial charge is 0.494 e. The second-order valence-electron chi connectivity index (χ2n) is 33.6. The third-order valence-electron chi connectivity index (χ3n) is 23.3. The van der Waals surface area contributed by atoms with Crippen molar-refractivity contribution in [3.05, 3.63) is 340 Å². The first kappa shape index (κ1) is 94.8. The Morgan fingerprint density at radius 3 is 0.965 bits per heavy atom. The number of rotatable bonds is 22. The van der Waals surface area contributed by atoms with Crippen LogP contribution in [0.4, 0.5) is 46.5 Å². The van der Waals surface area contributed by atoms with Gasteiger partial charge in [-0.3, -0.25) is 15.0 Å². The summed E-state index contributed by atoms with van der Waals surface area (Å²) < 4.78 is 44.0. The van der Waals surface area contributed by atoms with Crippen LogP contribution in [-0.4, -0.2) is 97.3 Å². The number of halogens is 1. The molecule has 0 unspecified atom stereocenters. The molecule has 20 rings (SSSR count). The van der Waals surface area contributed by atoms with Crippen molar-refractivity contribution in [2.45, 2.75) is 62.3 Å². The zero-order chi connectivity index (χ0) is 99.5. The van der Waals surface area contributed by atoms with Gasteiger partial charge in [-0.1, -0.05) is 11.6 Å². The molecule has 0 aliphatic rings. The number of aryl methyl sites for hydroxylation is 13. The highest BCUT2D eigenvalue weighted by atomic mass is 35.5. The fourth-order valence-electron chi connectivity index (χ4n) is 16.4. The third kappa shape index (κ3) is 21.0. The van der Waals surface area contributed by atoms with Crippen molar-refractivity contribution < 1.29 is 28.4 Å². The number of nitrogens with zero attached hydrogens (tertiary/aromatic N) is 21. The van der Waals surface area contributed by atoms with E-state index in [1.54, 1.807) is 111 Å². The van der Waals surface area contributed by atoms with Crippen molar-refractivity contribution in [1.29, 1.82) is 21.0 Å². The van der Waals surface area contributed by atoms with E-state index in [4.69, 9.17) is 71.0 Å². The Balaban J connectivity index is 0.000000130. The van der Waals surface area contributed by atoms with Crippen LogP contribution in [0.3, 0.4) is 0 Å². The highest BCUT2D eigenvalue weighted by molar-refractivity contribution is 6.35. The molecule has 0 fully saturated rings. The fourth-order valence-corrected chi connectivity index (χ4v) is 16.7. The Morgan fingerprint density at radius 2 is 0.620 bits per heavy atom. The highest BCUT2D eigenvalue weighted by Gasteiger charge is 2.25. The van der Waals surface area contributed by atoms with E-state index in [2.05, 4.69) is 144 Å². The van der Waals surface area contributed by atoms with E-state index >= 15 is 0 Å². The van der Waals surface area contributed by atoms with Gasteiger partial charge in [-0.15, -0.1) is 0 Å². The molecule has 12 aromatic heterocycles. The van der Waals surface area contributed by atoms with E-state index in [1.165, 1.54) is 7.11 Å². The fraction of sp³-hybridized carbons (Fsp3) is 0.136. The van der Waals surface area contributed by atoms with Crippen LogP contribution in [0.25, 0.3) is 88.6 Å². The molecule has 0 aliphatic carbocycles. The lowest BCUT2D eigenvalue weighted by Gasteiger charge is -2.16. The van der Waals surface area contributed by atoms with Crippen molar-refractivity contribution >= 4 is 102 Å². The number of pyridine rings is 3. The van der Waals surface area contributed by atoms with Crippen LogP contribution >= 0.6 is 11.6 Å². The monoisotopic (exact) mass is 1890 g/mol. The predicted molar refractivity (Wildman–Crippen MR) is 549 cm³/mol. The summed E-state index contributed by atoms with van der Waals surface area (Å²) in [7, 11) is 10.9. The summed E-state index contributed by atoms with van der Waals surface area (Å²) in [6.07, 6.45) is 21.7. The lowest BCUT2D eigenvalue weighted by molar-refractivity contribution is 0.380. The molecule has 20 aromatic rings. The SMILES string of the molecule is COc1cnccc1-c1cc(C)c(Oc2nc(Nc3ccc(C#N)cc3)nc3ccn(C)c23)c(C)c1.COc1ncc(-c2cc(C)c(Oc3nc(Nc4ccc(C#N)cc4)nc4ccn(C)c34)c(C)c2)cn1.Cc1cc(-c2ccncc2)cc(C)c1Oc1nc(Nc2ccc(C#N)cc2)nc2c(Cl)cn(C)c12.Cc1cnccc1-c1cc(C)c(Oc2nc(Nc3ccc(C#N)cc3)nc3ccn(C)c23)c(C)c1. The predicted octanol–water partition coefficient (Wildman–Crippen LogP) is 24.6. The molecule has 142 heavy (non-hydrogen) atoms. The van der Waals surface area contributed by atoms with Crippen LogP contribution in [0, 0.1) is 108 Å². The summed E-state index contributed by atoms with van der Waals surface area (Å²) in [6, 6.07) is 67.6. The van der Waals surface area contributed by atoms with Gasteiger partial charge in [0.2, 0.25) is 47.3 Å². The molecule has 0 atom stereocenters. The summed E-state index contributed by atoms with van der Waals surface area (Å²) >= 11 is 6.48. The number of methoxy groups -OCH3 is 2. The van der Waals surface area contributed by atoms with Gasteiger partial charge in [0.1, 0.15) is 56.3 Å². The second-order valence-corrected chi connectivity index (χ2v) is 34.0. The number of aromatic nitrogens is 17. The molecule has 32 heteroatoms. The van der Waals surface area contributed by atoms with E-state index < -0.39 is 0 Å². The zero-order valence-electron chi connectivity index (χ0n) is 80.0. The van der Waals surface area contributed by atoms with Crippen molar-refractivity contribution in [2.75, 3.05) is 35.5 Å². The van der Waals surface area contributed by atoms with Crippen LogP contribution in [0.5, 0.6) is 58.3 Å². The van der Waals surface area contributed by atoms with Crippen molar-refractivity contribution in [3.63, 3.8) is 0 Å². The van der Waals surface area contributed by atoms with Gasteiger partial charge in [0.15, 0.2) is 0 Å². The minimum absolute atomic E-state index is 0.327. The Morgan fingerprint density at radius 1 is 0.303 bits per heavy atom. The van der Waals surface area contributed by atoms with Gasteiger partial charge >= 0.3 is 6.01 Å². The third-order valence-corrected chi connectivity index (χ3v) is 23.6. The lowest BCUT2D eigenvalue weighted by Crippen LogP contribution is -2.02. The molecule has 0 saturated carbocycles. The quantitative estimate of drug-likeness (QED) is 0.0489. The van der Waals surface area contributed by atoms with Crippen molar-refractivity contribution in [2.24, 2.45) is 28.2 Å². The minimum atomic E-state index is 0.327. The molecule has 0 bridgehead atoms. The molecule has 8 aromatic carbocycles. The summed E-state index contributed by atoms with van der Waals surface area (Å²) in [5, 5.41) is 49.5. The number of ether oxygens (including phenoxy) is 6. The molecule has 0 amide bonds. The first-order valence-electron chi connectivity index (χ1n) is 44.7. The second kappa shape index (κ2) is 41.7. The molecular formula is C110H92ClN25O6. The minimum Gasteiger partial charge on any atom is -0.494 e. The highest BCUT2D eigenvalue weighted by Crippen LogP contribution is 2.44. The maximum absolute atomic E-state index is 9.05. The standard InChI is InChI=1S/C28H24N6O2.C28H24N6O.C27H21ClN6O.C27H23N7O2/c1-17-13-20(22-9-11-30-16-24(22)35-4)14-18(2)26(17)36-27-25-23(10-12-34(25)3)32-28(33-27)31-21-7-5-19(15-29)6-8-21;1-17-13-21(23-9-11-30-16-19(23)3)14-18(2)26(17)35-27-25-24(10-12-34(25)4)32-28(33-27)31-22-7-5-20(15-29)6-8-22;1-16-12-20(19-8-10-30-11-9-19)13-17(2)25(16)35-26-24-23(22(28)15-34(24)3)32-27(33-26)31-21-6-4-18(14-29)5-7-21;1-16-11-19(20-14-29-27(35-4)30-15-20)12-17(2)24(16)36-25-23-22(9-10-34(23)3)32-26(33-25)31-21-7-5-18(13-28)6-8-21/h5-14,16H,1-4H3,(H,31,32,33);5-14,16H,1-4H3,(H,31,32,33);4-13,15H,1-3H3,(H,31,32,33);5-12,14-15H,1-4H3,(H,31,32,33). The Hall–Kier alpha value is -19.0. The van der Waals surface area contributed by atoms with Crippen LogP contribution < -0.4 is 49.7 Å². The maximum atomic E-state index is 9.05. The lowest BCUT2D eigenvalue weighted by atomic mass is 9.98. The molecule has 31 nitrogen and oxygen atoms in total. The van der Waals surface area contributed by atoms with Crippen molar-refractivity contribution in [3.8, 4) is 127 Å². The van der Waals surface area contributed by atoms with Gasteiger partial charge in [-0.05, 0) is 334 Å². The Labute approximate surface area is 822 Å². The van der Waals surface area contributed by atoms with Crippen LogP contribution in [0.2, 0.25) is 5.02 Å². The Bertz CT molecular complexity index is 8260. The van der Waals surface area contributed by atoms with E-state index in [1.807, 2.05) is 224 Å². The average molecular weight is 1900 g/mol. The van der Waals surface area contributed by atoms with Gasteiger partial charge in [0.05, 0.1) is 88.5 Å². The van der Waals surface area contributed by atoms with Crippen LogP contribution in [0.1, 0.15) is 72.3 Å². The molecular weight excluding hydrogens is 1800 g/mol. The topological polar surface area (TPSA) is 386 Å². The number of fused-ring (bicyclic) bond motifs is 4. The van der Waals surface area contributed by atoms with Crippen LogP contribution in [0.15, 0.2) is 262 Å². The summed E-state index contributed by atoms with van der Waals surface area (Å²) in [5.74, 6) is 6.98. The van der Waals surface area contributed by atoms with Gasteiger partial charge < -0.3 is 68.0 Å². The van der Waals surface area contributed by atoms with Crippen molar-refractivity contribution in [1.82, 2.24) is 83.1 Å². The summed E-state index contributed by atoms with van der Waals surface area (Å²) in [4.78, 5) is 58.2. The normalized spacial score (nSPS) is 10.8. The maximum Gasteiger partial charge on any atom is 0.316 e. The molecule has 0 saturated heterocycles. The number of nitriles is 4. The van der Waals surface area contributed by atoms with E-state index in [-0.39, 0.29) is 0 Å². The molecule has 0 radical (unpaired) electrons. The molecule has 700 valence electrons. The number of anilines is 8. The van der Waals surface area contributed by atoms with E-state index in [0.717, 1.165) is 173 Å². The molecule has 12 heterocycles. The molecule has 0 spiro atoms. The number of benzene rings is 8. The first-order chi connectivity index (χ1) is 68.8. The van der Waals surface area contributed by atoms with Gasteiger partial charge in [0, 0.05) is 130 Å². The first-order valence-corrected chi connectivity index (χ1v) is 45.1. The van der Waals surface area contributed by atoms with Gasteiger partial charge in [-0.2, -0.15) is 41.0 Å². The van der Waals surface area contributed by atoms with Gasteiger partial charge in [-0.25, -0.2) is 29.9 Å². The summed E-state index contributed by atoms with van der Waals surface area (Å²) in [6.45, 7) is 18.2. The summed E-state index contributed by atoms with van der Waals surface area (Å²) in [5.41, 5.74) is 28.6. The van der Waals surface area contributed by atoms with Gasteiger partial charge in [0.25, 0.3) is 0 Å². The number of hydrogen-bond donors (Lipinski definition) is 4. The average Bonchev–Trinajstić information content (AvgIpc) is 1.85. The zero-order valence-corrected chi connectivity index (χ0v) is 80.8. The van der Waals surface area contributed by atoms with E-state index in [0.29, 0.717) is 97.4 Å². The van der Waals surface area contributed by atoms with E-state index in [9.17, 15) is 0 Å². The Kier molecular flexibility index (Phi) is 27.8. The molecule has 4 N–H and O–H groups in total. The van der Waals surface area contributed by atoms with Crippen LogP contribution in [-0.2, 0) is 28.2 Å². The smallest absolute Gasteiger partial charge is 0.316 e. The molecule has 0 aliphatic heterocycles. The number of hydrogen-bond acceptors (Lipinski definition) is 27.